The van der Waals surface area contributed by atoms with Crippen LogP contribution in [0.1, 0.15) is 17.3 Å². The molecule has 1 rings (SSSR count). The highest BCUT2D eigenvalue weighted by Crippen LogP contribution is 2.19. The molecule has 0 radical (unpaired) electrons. The molecule has 0 saturated heterocycles. The lowest BCUT2D eigenvalue weighted by Crippen LogP contribution is -2.33. The van der Waals surface area contributed by atoms with E-state index in [1.807, 2.05) is 0 Å². The van der Waals surface area contributed by atoms with Gasteiger partial charge in [-0.05, 0) is 12.1 Å². The van der Waals surface area contributed by atoms with Gasteiger partial charge in [0, 0.05) is 20.0 Å². The van der Waals surface area contributed by atoms with E-state index >= 15 is 0 Å². The van der Waals surface area contributed by atoms with Crippen LogP contribution in [0, 0.1) is 0 Å². The SMILES string of the molecule is CC(=O)NCCNC(=O)c1ccccc1OC(F)F. The molecule has 7 heteroatoms. The Bertz CT molecular complexity index is 452. The van der Waals surface area contributed by atoms with Crippen molar-refractivity contribution in [3.8, 4) is 5.75 Å². The van der Waals surface area contributed by atoms with Gasteiger partial charge in [-0.1, -0.05) is 12.1 Å². The highest BCUT2D eigenvalue weighted by Gasteiger charge is 2.14. The lowest BCUT2D eigenvalue weighted by Gasteiger charge is -2.10. The fraction of sp³-hybridized carbons (Fsp3) is 0.333. The van der Waals surface area contributed by atoms with Crippen LogP contribution in [0.2, 0.25) is 0 Å². The summed E-state index contributed by atoms with van der Waals surface area (Å²) in [6.45, 7) is -1.18. The maximum absolute atomic E-state index is 12.2. The molecule has 0 unspecified atom stereocenters. The van der Waals surface area contributed by atoms with Crippen LogP contribution in [-0.2, 0) is 4.79 Å². The van der Waals surface area contributed by atoms with E-state index in [9.17, 15) is 18.4 Å². The standard InChI is InChI=1S/C12H14F2N2O3/c1-8(17)15-6-7-16-11(18)9-4-2-3-5-10(9)19-12(13)14/h2-5,12H,6-7H2,1H3,(H,15,17)(H,16,18). The third-order valence-electron chi connectivity index (χ3n) is 2.13. The summed E-state index contributed by atoms with van der Waals surface area (Å²) in [4.78, 5) is 22.3. The minimum atomic E-state index is -2.99. The highest BCUT2D eigenvalue weighted by molar-refractivity contribution is 5.96. The van der Waals surface area contributed by atoms with Gasteiger partial charge in [-0.25, -0.2) is 0 Å². The molecule has 2 N–H and O–H groups in total. The highest BCUT2D eigenvalue weighted by atomic mass is 19.3. The molecule has 0 aliphatic heterocycles. The molecular weight excluding hydrogens is 258 g/mol. The fourth-order valence-corrected chi connectivity index (χ4v) is 1.36. The lowest BCUT2D eigenvalue weighted by atomic mass is 10.2. The van der Waals surface area contributed by atoms with Crippen molar-refractivity contribution in [3.05, 3.63) is 29.8 Å². The van der Waals surface area contributed by atoms with Crippen LogP contribution in [0.3, 0.4) is 0 Å². The Kier molecular flexibility index (Phi) is 5.72. The molecule has 1 aromatic carbocycles. The molecule has 0 bridgehead atoms. The zero-order chi connectivity index (χ0) is 14.3. The predicted molar refractivity (Wildman–Crippen MR) is 64.1 cm³/mol. The van der Waals surface area contributed by atoms with E-state index in [2.05, 4.69) is 15.4 Å². The number of nitrogens with one attached hydrogen (secondary N) is 2. The third-order valence-corrected chi connectivity index (χ3v) is 2.13. The number of hydrogen-bond acceptors (Lipinski definition) is 3. The molecule has 0 aliphatic carbocycles. The number of hydrogen-bond donors (Lipinski definition) is 2. The topological polar surface area (TPSA) is 67.4 Å². The van der Waals surface area contributed by atoms with Crippen LogP contribution in [0.15, 0.2) is 24.3 Å². The minimum Gasteiger partial charge on any atom is -0.434 e. The number of carbonyl (C=O) groups excluding carboxylic acids is 2. The Balaban J connectivity index is 2.58. The van der Waals surface area contributed by atoms with E-state index in [-0.39, 0.29) is 30.3 Å². The second-order valence-corrected chi connectivity index (χ2v) is 3.61. The van der Waals surface area contributed by atoms with Crippen LogP contribution in [0.4, 0.5) is 8.78 Å². The van der Waals surface area contributed by atoms with Gasteiger partial charge in [0.15, 0.2) is 0 Å². The zero-order valence-corrected chi connectivity index (χ0v) is 10.3. The quantitative estimate of drug-likeness (QED) is 0.763. The number of amides is 2. The van der Waals surface area contributed by atoms with E-state index in [0.29, 0.717) is 0 Å². The van der Waals surface area contributed by atoms with Gasteiger partial charge in [0.25, 0.3) is 5.91 Å². The van der Waals surface area contributed by atoms with Gasteiger partial charge in [-0.3, -0.25) is 9.59 Å². The molecule has 0 atom stereocenters. The Morgan fingerprint density at radius 3 is 2.47 bits per heavy atom. The van der Waals surface area contributed by atoms with E-state index in [1.165, 1.54) is 25.1 Å². The van der Waals surface area contributed by atoms with Crippen molar-refractivity contribution in [3.63, 3.8) is 0 Å². The van der Waals surface area contributed by atoms with E-state index < -0.39 is 12.5 Å². The monoisotopic (exact) mass is 272 g/mol. The van der Waals surface area contributed by atoms with Crippen LogP contribution in [0.25, 0.3) is 0 Å². The Morgan fingerprint density at radius 1 is 1.21 bits per heavy atom. The molecule has 2 amide bonds. The van der Waals surface area contributed by atoms with Crippen molar-refractivity contribution in [2.45, 2.75) is 13.5 Å². The molecule has 1 aromatic rings. The first-order valence-electron chi connectivity index (χ1n) is 5.57. The number of rotatable bonds is 6. The van der Waals surface area contributed by atoms with Crippen LogP contribution < -0.4 is 15.4 Å². The average molecular weight is 272 g/mol. The first kappa shape index (κ1) is 14.9. The lowest BCUT2D eigenvalue weighted by molar-refractivity contribution is -0.118. The van der Waals surface area contributed by atoms with Gasteiger partial charge >= 0.3 is 6.61 Å². The normalized spacial score (nSPS) is 10.1. The first-order chi connectivity index (χ1) is 9.00. The third kappa shape index (κ3) is 5.33. The predicted octanol–water partition coefficient (Wildman–Crippen LogP) is 1.15. The van der Waals surface area contributed by atoms with Crippen molar-refractivity contribution >= 4 is 11.8 Å². The van der Waals surface area contributed by atoms with E-state index in [1.54, 1.807) is 6.07 Å². The largest absolute Gasteiger partial charge is 0.434 e. The van der Waals surface area contributed by atoms with Crippen LogP contribution in [-0.4, -0.2) is 31.5 Å². The molecule has 19 heavy (non-hydrogen) atoms. The molecular formula is C12H14F2N2O3. The fourth-order valence-electron chi connectivity index (χ4n) is 1.36. The van der Waals surface area contributed by atoms with Gasteiger partial charge in [0.05, 0.1) is 5.56 Å². The summed E-state index contributed by atoms with van der Waals surface area (Å²) < 4.78 is 28.6. The number of para-hydroxylation sites is 1. The van der Waals surface area contributed by atoms with Gasteiger partial charge in [-0.15, -0.1) is 0 Å². The molecule has 0 fully saturated rings. The molecule has 0 heterocycles. The summed E-state index contributed by atoms with van der Waals surface area (Å²) in [5.41, 5.74) is 0.0191. The van der Waals surface area contributed by atoms with Gasteiger partial charge in [-0.2, -0.15) is 8.78 Å². The Hall–Kier alpha value is -2.18. The van der Waals surface area contributed by atoms with Gasteiger partial charge in [0.2, 0.25) is 5.91 Å². The maximum Gasteiger partial charge on any atom is 0.387 e. The number of carbonyl (C=O) groups is 2. The van der Waals surface area contributed by atoms with Crippen LogP contribution >= 0.6 is 0 Å². The summed E-state index contributed by atoms with van der Waals surface area (Å²) in [5, 5.41) is 4.98. The maximum atomic E-state index is 12.2. The Morgan fingerprint density at radius 2 is 1.84 bits per heavy atom. The summed E-state index contributed by atoms with van der Waals surface area (Å²) in [5.74, 6) is -0.938. The van der Waals surface area contributed by atoms with Crippen molar-refractivity contribution in [1.29, 1.82) is 0 Å². The molecule has 0 spiro atoms. The molecule has 0 saturated carbocycles. The van der Waals surface area contributed by atoms with E-state index in [0.717, 1.165) is 0 Å². The first-order valence-corrected chi connectivity index (χ1v) is 5.57. The molecule has 5 nitrogen and oxygen atoms in total. The summed E-state index contributed by atoms with van der Waals surface area (Å²) in [6, 6.07) is 5.70. The number of benzene rings is 1. The van der Waals surface area contributed by atoms with Crippen molar-refractivity contribution in [2.24, 2.45) is 0 Å². The second kappa shape index (κ2) is 7.30. The zero-order valence-electron chi connectivity index (χ0n) is 10.3. The molecule has 104 valence electrons. The van der Waals surface area contributed by atoms with Crippen molar-refractivity contribution in [2.75, 3.05) is 13.1 Å². The summed E-state index contributed by atoms with van der Waals surface area (Å²) >= 11 is 0. The second-order valence-electron chi connectivity index (χ2n) is 3.61. The molecule has 0 aromatic heterocycles. The minimum absolute atomic E-state index is 0.0191. The smallest absolute Gasteiger partial charge is 0.387 e. The van der Waals surface area contributed by atoms with Gasteiger partial charge in [0.1, 0.15) is 5.75 Å². The Labute approximate surface area is 108 Å². The number of alkyl halides is 2. The molecule has 0 aliphatic rings. The number of ether oxygens (including phenoxy) is 1. The van der Waals surface area contributed by atoms with Crippen LogP contribution in [0.5, 0.6) is 5.75 Å². The van der Waals surface area contributed by atoms with Gasteiger partial charge < -0.3 is 15.4 Å². The average Bonchev–Trinajstić information content (AvgIpc) is 2.34. The summed E-state index contributed by atoms with van der Waals surface area (Å²) in [6.07, 6.45) is 0. The number of halogens is 2. The summed E-state index contributed by atoms with van der Waals surface area (Å²) in [7, 11) is 0. The van der Waals surface area contributed by atoms with Crippen molar-refractivity contribution in [1.82, 2.24) is 10.6 Å². The van der Waals surface area contributed by atoms with Crippen molar-refractivity contribution < 1.29 is 23.1 Å². The van der Waals surface area contributed by atoms with E-state index in [4.69, 9.17) is 0 Å².